The summed E-state index contributed by atoms with van der Waals surface area (Å²) in [5.74, 6) is 1.05. The Morgan fingerprint density at radius 3 is 2.12 bits per heavy atom. The fourth-order valence-electron chi connectivity index (χ4n) is 1.11. The van der Waals surface area contributed by atoms with Crippen LogP contribution >= 0.6 is 0 Å². The van der Waals surface area contributed by atoms with Crippen molar-refractivity contribution in [2.75, 3.05) is 30.8 Å². The summed E-state index contributed by atoms with van der Waals surface area (Å²) in [6, 6.07) is 0.312. The Morgan fingerprint density at radius 1 is 1.06 bits per heavy atom. The molecule has 0 unspecified atom stereocenters. The summed E-state index contributed by atoms with van der Waals surface area (Å²) < 4.78 is 5.03. The maximum atomic E-state index is 5.03. The number of methoxy groups -OCH3 is 1. The summed E-state index contributed by atoms with van der Waals surface area (Å²) >= 11 is 0. The molecule has 0 saturated carbocycles. The standard InChI is InChI=1S/C11H21N5O/c1-6-12-8-14-9(13-7-11(2,3)4)16-10(15-8)17-5/h6-7H2,1-5H3,(H2,12,13,14,15,16). The third kappa shape index (κ3) is 4.84. The highest BCUT2D eigenvalue weighted by atomic mass is 16.5. The van der Waals surface area contributed by atoms with Crippen molar-refractivity contribution >= 4 is 11.9 Å². The largest absolute Gasteiger partial charge is 0.467 e. The van der Waals surface area contributed by atoms with Gasteiger partial charge in [-0.15, -0.1) is 0 Å². The molecule has 0 amide bonds. The quantitative estimate of drug-likeness (QED) is 0.816. The lowest BCUT2D eigenvalue weighted by molar-refractivity contribution is 0.378. The van der Waals surface area contributed by atoms with Gasteiger partial charge >= 0.3 is 6.01 Å². The topological polar surface area (TPSA) is 72.0 Å². The summed E-state index contributed by atoms with van der Waals surface area (Å²) in [5.41, 5.74) is 0.165. The first-order valence-corrected chi connectivity index (χ1v) is 5.72. The van der Waals surface area contributed by atoms with E-state index >= 15 is 0 Å². The van der Waals surface area contributed by atoms with Gasteiger partial charge in [0.05, 0.1) is 7.11 Å². The van der Waals surface area contributed by atoms with Crippen molar-refractivity contribution in [3.63, 3.8) is 0 Å². The number of nitrogens with one attached hydrogen (secondary N) is 2. The molecule has 0 saturated heterocycles. The van der Waals surface area contributed by atoms with Crippen LogP contribution in [0.15, 0.2) is 0 Å². The van der Waals surface area contributed by atoms with Crippen LogP contribution in [0, 0.1) is 5.41 Å². The van der Waals surface area contributed by atoms with Gasteiger partial charge in [-0.3, -0.25) is 0 Å². The summed E-state index contributed by atoms with van der Waals surface area (Å²) in [5, 5.41) is 6.21. The molecule has 6 heteroatoms. The minimum absolute atomic E-state index is 0.165. The molecule has 0 bridgehead atoms. The Hall–Kier alpha value is -1.59. The van der Waals surface area contributed by atoms with Crippen LogP contribution in [-0.2, 0) is 0 Å². The van der Waals surface area contributed by atoms with Crippen molar-refractivity contribution in [1.29, 1.82) is 0 Å². The lowest BCUT2D eigenvalue weighted by atomic mass is 9.97. The van der Waals surface area contributed by atoms with E-state index in [1.54, 1.807) is 7.11 Å². The number of hydrogen-bond acceptors (Lipinski definition) is 6. The second kappa shape index (κ2) is 5.65. The molecule has 1 rings (SSSR count). The number of nitrogens with zero attached hydrogens (tertiary/aromatic N) is 3. The van der Waals surface area contributed by atoms with E-state index in [4.69, 9.17) is 4.74 Å². The van der Waals surface area contributed by atoms with Crippen molar-refractivity contribution < 1.29 is 4.74 Å². The van der Waals surface area contributed by atoms with Crippen molar-refractivity contribution in [3.8, 4) is 6.01 Å². The highest BCUT2D eigenvalue weighted by molar-refractivity contribution is 5.35. The summed E-state index contributed by atoms with van der Waals surface area (Å²) in [6.45, 7) is 9.95. The maximum absolute atomic E-state index is 5.03. The number of aromatic nitrogens is 3. The van der Waals surface area contributed by atoms with Gasteiger partial charge in [0.1, 0.15) is 0 Å². The molecule has 0 aliphatic carbocycles. The summed E-state index contributed by atoms with van der Waals surface area (Å²) in [7, 11) is 1.54. The molecule has 0 fully saturated rings. The van der Waals surface area contributed by atoms with Crippen molar-refractivity contribution in [3.05, 3.63) is 0 Å². The lowest BCUT2D eigenvalue weighted by Crippen LogP contribution is -2.21. The molecule has 0 aromatic carbocycles. The van der Waals surface area contributed by atoms with Gasteiger partial charge in [-0.05, 0) is 12.3 Å². The predicted molar refractivity (Wildman–Crippen MR) is 68.5 cm³/mol. The lowest BCUT2D eigenvalue weighted by Gasteiger charge is -2.18. The summed E-state index contributed by atoms with van der Waals surface area (Å²) in [6.07, 6.45) is 0. The molecule has 1 aromatic rings. The smallest absolute Gasteiger partial charge is 0.322 e. The minimum Gasteiger partial charge on any atom is -0.467 e. The highest BCUT2D eigenvalue weighted by Gasteiger charge is 2.12. The van der Waals surface area contributed by atoms with Crippen molar-refractivity contribution in [1.82, 2.24) is 15.0 Å². The van der Waals surface area contributed by atoms with E-state index < -0.39 is 0 Å². The third-order valence-corrected chi connectivity index (χ3v) is 1.91. The van der Waals surface area contributed by atoms with E-state index in [-0.39, 0.29) is 5.41 Å². The van der Waals surface area contributed by atoms with E-state index in [9.17, 15) is 0 Å². The van der Waals surface area contributed by atoms with Gasteiger partial charge < -0.3 is 15.4 Å². The molecule has 0 spiro atoms. The monoisotopic (exact) mass is 239 g/mol. The van der Waals surface area contributed by atoms with Crippen LogP contribution in [0.3, 0.4) is 0 Å². The van der Waals surface area contributed by atoms with E-state index in [2.05, 4.69) is 46.4 Å². The minimum atomic E-state index is 0.165. The van der Waals surface area contributed by atoms with Gasteiger partial charge in [0.2, 0.25) is 11.9 Å². The zero-order valence-electron chi connectivity index (χ0n) is 11.2. The van der Waals surface area contributed by atoms with Crippen LogP contribution in [0.2, 0.25) is 0 Å². The first-order chi connectivity index (χ1) is 7.94. The maximum Gasteiger partial charge on any atom is 0.322 e. The van der Waals surface area contributed by atoms with Gasteiger partial charge in [0.15, 0.2) is 0 Å². The first kappa shape index (κ1) is 13.5. The molecular formula is C11H21N5O. The van der Waals surface area contributed by atoms with Crippen LogP contribution in [0.1, 0.15) is 27.7 Å². The zero-order valence-corrected chi connectivity index (χ0v) is 11.2. The molecule has 0 radical (unpaired) electrons. The third-order valence-electron chi connectivity index (χ3n) is 1.91. The first-order valence-electron chi connectivity index (χ1n) is 5.72. The molecular weight excluding hydrogens is 218 g/mol. The number of ether oxygens (including phenoxy) is 1. The highest BCUT2D eigenvalue weighted by Crippen LogP contribution is 2.15. The molecule has 1 aromatic heterocycles. The number of rotatable bonds is 5. The Kier molecular flexibility index (Phi) is 4.48. The second-order valence-electron chi connectivity index (χ2n) is 4.91. The van der Waals surface area contributed by atoms with E-state index in [1.807, 2.05) is 6.92 Å². The fourth-order valence-corrected chi connectivity index (χ4v) is 1.11. The van der Waals surface area contributed by atoms with Crippen LogP contribution in [0.25, 0.3) is 0 Å². The molecule has 96 valence electrons. The Labute approximate surface area is 102 Å². The molecule has 6 nitrogen and oxygen atoms in total. The van der Waals surface area contributed by atoms with Gasteiger partial charge in [0, 0.05) is 13.1 Å². The van der Waals surface area contributed by atoms with Crippen LogP contribution in [0.4, 0.5) is 11.9 Å². The molecule has 2 N–H and O–H groups in total. The van der Waals surface area contributed by atoms with Crippen LogP contribution in [0.5, 0.6) is 6.01 Å². The normalized spacial score (nSPS) is 11.1. The van der Waals surface area contributed by atoms with Gasteiger partial charge in [-0.2, -0.15) is 15.0 Å². The summed E-state index contributed by atoms with van der Waals surface area (Å²) in [4.78, 5) is 12.5. The SMILES string of the molecule is CCNc1nc(NCC(C)(C)C)nc(OC)n1. The molecule has 17 heavy (non-hydrogen) atoms. The molecule has 0 atom stereocenters. The van der Waals surface area contributed by atoms with E-state index in [0.717, 1.165) is 13.1 Å². The number of anilines is 2. The molecule has 0 aliphatic rings. The average Bonchev–Trinajstić information content (AvgIpc) is 2.25. The Morgan fingerprint density at radius 2 is 1.65 bits per heavy atom. The zero-order chi connectivity index (χ0) is 12.9. The Bertz CT molecular complexity index is 361. The van der Waals surface area contributed by atoms with Crippen molar-refractivity contribution in [2.24, 2.45) is 5.41 Å². The van der Waals surface area contributed by atoms with E-state index in [0.29, 0.717) is 17.9 Å². The van der Waals surface area contributed by atoms with Gasteiger partial charge in [0.25, 0.3) is 0 Å². The van der Waals surface area contributed by atoms with Crippen LogP contribution in [-0.4, -0.2) is 35.2 Å². The Balaban J connectivity index is 2.79. The van der Waals surface area contributed by atoms with Crippen molar-refractivity contribution in [2.45, 2.75) is 27.7 Å². The molecule has 0 aliphatic heterocycles. The number of hydrogen-bond donors (Lipinski definition) is 2. The van der Waals surface area contributed by atoms with E-state index in [1.165, 1.54) is 0 Å². The van der Waals surface area contributed by atoms with Gasteiger partial charge in [-0.25, -0.2) is 0 Å². The predicted octanol–water partition coefficient (Wildman–Crippen LogP) is 1.77. The molecule has 1 heterocycles. The van der Waals surface area contributed by atoms with Gasteiger partial charge in [-0.1, -0.05) is 20.8 Å². The van der Waals surface area contributed by atoms with Crippen LogP contribution < -0.4 is 15.4 Å². The fraction of sp³-hybridized carbons (Fsp3) is 0.727. The second-order valence-corrected chi connectivity index (χ2v) is 4.91. The average molecular weight is 239 g/mol.